The molecule has 0 fully saturated rings. The van der Waals surface area contributed by atoms with E-state index in [1.54, 1.807) is 13.8 Å². The van der Waals surface area contributed by atoms with E-state index in [-0.39, 0.29) is 22.8 Å². The van der Waals surface area contributed by atoms with Crippen molar-refractivity contribution in [1.29, 1.82) is 0 Å². The normalized spacial score (nSPS) is 14.9. The predicted octanol–water partition coefficient (Wildman–Crippen LogP) is 2.75. The molecule has 2 N–H and O–H groups in total. The van der Waals surface area contributed by atoms with Gasteiger partial charge in [0.25, 0.3) is 5.60 Å². The van der Waals surface area contributed by atoms with Crippen molar-refractivity contribution in [2.45, 2.75) is 38.5 Å². The van der Waals surface area contributed by atoms with Gasteiger partial charge in [-0.1, -0.05) is 13.8 Å². The molecule has 21 heavy (non-hydrogen) atoms. The monoisotopic (exact) mass is 306 g/mol. The Kier molecular flexibility index (Phi) is 4.57. The first kappa shape index (κ1) is 17.3. The van der Waals surface area contributed by atoms with Gasteiger partial charge in [-0.15, -0.1) is 0 Å². The number of ether oxygens (including phenoxy) is 1. The maximum atomic E-state index is 13.2. The quantitative estimate of drug-likeness (QED) is 0.843. The van der Waals surface area contributed by atoms with Crippen LogP contribution in [0.5, 0.6) is 5.75 Å². The third kappa shape index (κ3) is 2.83. The number of hydrogen-bond acceptors (Lipinski definition) is 4. The van der Waals surface area contributed by atoms with Gasteiger partial charge in [0.2, 0.25) is 0 Å². The van der Waals surface area contributed by atoms with Crippen molar-refractivity contribution in [1.82, 2.24) is 0 Å². The van der Waals surface area contributed by atoms with Gasteiger partial charge in [-0.05, 0) is 36.1 Å². The van der Waals surface area contributed by atoms with Crippen molar-refractivity contribution >= 4 is 5.97 Å². The van der Waals surface area contributed by atoms with E-state index < -0.39 is 23.3 Å². The van der Waals surface area contributed by atoms with Crippen molar-refractivity contribution in [2.75, 3.05) is 7.11 Å². The minimum Gasteiger partial charge on any atom is -0.508 e. The molecule has 1 aromatic carbocycles. The lowest BCUT2D eigenvalue weighted by atomic mass is 9.86. The molecule has 0 unspecified atom stereocenters. The topological polar surface area (TPSA) is 66.8 Å². The maximum absolute atomic E-state index is 13.2. The molecule has 1 rings (SSSR count). The lowest BCUT2D eigenvalue weighted by Gasteiger charge is -2.30. The maximum Gasteiger partial charge on any atom is 0.432 e. The average Bonchev–Trinajstić information content (AvgIpc) is 2.35. The molecule has 0 saturated carbocycles. The summed E-state index contributed by atoms with van der Waals surface area (Å²) in [5.74, 6) is -2.31. The Morgan fingerprint density at radius 3 is 2.19 bits per heavy atom. The lowest BCUT2D eigenvalue weighted by molar-refractivity contribution is -0.267. The molecular weight excluding hydrogens is 289 g/mol. The summed E-state index contributed by atoms with van der Waals surface area (Å²) in [6.45, 7) is 4.59. The molecule has 0 bridgehead atoms. The molecule has 0 amide bonds. The molecule has 0 heterocycles. The summed E-state index contributed by atoms with van der Waals surface area (Å²) in [7, 11) is 0.762. The lowest BCUT2D eigenvalue weighted by Crippen LogP contribution is -2.50. The molecular formula is C14H17F3O4. The fourth-order valence-electron chi connectivity index (χ4n) is 2.09. The number of phenols is 1. The molecule has 0 aliphatic heterocycles. The highest BCUT2D eigenvalue weighted by Crippen LogP contribution is 2.43. The summed E-state index contributed by atoms with van der Waals surface area (Å²) in [6.07, 6.45) is -5.25. The van der Waals surface area contributed by atoms with Crippen LogP contribution in [0.25, 0.3) is 0 Å². The molecule has 118 valence electrons. The molecule has 0 aliphatic rings. The second-order valence-electron chi connectivity index (χ2n) is 5.08. The van der Waals surface area contributed by atoms with Crippen LogP contribution in [0.15, 0.2) is 12.1 Å². The molecule has 4 nitrogen and oxygen atoms in total. The van der Waals surface area contributed by atoms with E-state index in [0.29, 0.717) is 0 Å². The fraction of sp³-hybridized carbons (Fsp3) is 0.500. The zero-order chi connectivity index (χ0) is 16.6. The third-order valence-corrected chi connectivity index (χ3v) is 3.28. The van der Waals surface area contributed by atoms with Gasteiger partial charge in [0.1, 0.15) is 5.75 Å². The molecule has 0 aromatic heterocycles. The Labute approximate surface area is 120 Å². The first-order valence-corrected chi connectivity index (χ1v) is 6.18. The van der Waals surface area contributed by atoms with Gasteiger partial charge in [0.15, 0.2) is 0 Å². The zero-order valence-electron chi connectivity index (χ0n) is 12.1. The molecule has 1 atom stereocenters. The van der Waals surface area contributed by atoms with Crippen molar-refractivity contribution in [3.63, 3.8) is 0 Å². The van der Waals surface area contributed by atoms with Crippen LogP contribution >= 0.6 is 0 Å². The number of methoxy groups -OCH3 is 1. The minimum absolute atomic E-state index is 0.0675. The molecule has 0 saturated heterocycles. The van der Waals surface area contributed by atoms with E-state index in [0.717, 1.165) is 19.2 Å². The number of hydrogen-bond donors (Lipinski definition) is 2. The molecule has 7 heteroatoms. The second kappa shape index (κ2) is 5.55. The Morgan fingerprint density at radius 1 is 1.29 bits per heavy atom. The number of aliphatic hydroxyl groups is 1. The van der Waals surface area contributed by atoms with Crippen LogP contribution in [-0.2, 0) is 15.1 Å². The first-order valence-electron chi connectivity index (χ1n) is 6.18. The number of carbonyl (C=O) groups is 1. The highest BCUT2D eigenvalue weighted by molar-refractivity contribution is 5.83. The minimum atomic E-state index is -5.25. The van der Waals surface area contributed by atoms with Crippen LogP contribution < -0.4 is 0 Å². The number of benzene rings is 1. The second-order valence-corrected chi connectivity index (χ2v) is 5.08. The molecule has 0 radical (unpaired) electrons. The number of aromatic hydroxyl groups is 1. The van der Waals surface area contributed by atoms with Crippen LogP contribution in [0, 0.1) is 6.92 Å². The van der Waals surface area contributed by atoms with Crippen molar-refractivity contribution < 1.29 is 32.9 Å². The summed E-state index contributed by atoms with van der Waals surface area (Å²) < 4.78 is 43.8. The summed E-state index contributed by atoms with van der Waals surface area (Å²) in [5, 5.41) is 19.8. The summed E-state index contributed by atoms with van der Waals surface area (Å²) in [4.78, 5) is 11.5. The standard InChI is InChI=1S/C14H17F3O4/c1-7(2)9-6-10(8(3)5-11(9)18)13(20,12(19)21-4)14(15,16)17/h5-7,18,20H,1-4H3/t13-/m1/s1. The van der Waals surface area contributed by atoms with Crippen molar-refractivity contribution in [2.24, 2.45) is 0 Å². The highest BCUT2D eigenvalue weighted by atomic mass is 19.4. The number of esters is 1. The van der Waals surface area contributed by atoms with E-state index >= 15 is 0 Å². The third-order valence-electron chi connectivity index (χ3n) is 3.28. The Hall–Kier alpha value is -1.76. The Bertz CT molecular complexity index is 552. The van der Waals surface area contributed by atoms with Crippen molar-refractivity contribution in [3.05, 3.63) is 28.8 Å². The predicted molar refractivity (Wildman–Crippen MR) is 68.9 cm³/mol. The van der Waals surface area contributed by atoms with Crippen LogP contribution in [0.4, 0.5) is 13.2 Å². The molecule has 1 aromatic rings. The smallest absolute Gasteiger partial charge is 0.432 e. The largest absolute Gasteiger partial charge is 0.508 e. The molecule has 0 spiro atoms. The summed E-state index contributed by atoms with van der Waals surface area (Å²) in [5.41, 5.74) is -4.30. The van der Waals surface area contributed by atoms with Gasteiger partial charge in [-0.2, -0.15) is 13.2 Å². The molecule has 0 aliphatic carbocycles. The number of rotatable bonds is 3. The van der Waals surface area contributed by atoms with E-state index in [1.807, 2.05) is 0 Å². The van der Waals surface area contributed by atoms with Gasteiger partial charge < -0.3 is 14.9 Å². The average molecular weight is 306 g/mol. The van der Waals surface area contributed by atoms with Gasteiger partial charge in [-0.3, -0.25) is 0 Å². The van der Waals surface area contributed by atoms with Gasteiger partial charge >= 0.3 is 12.1 Å². The van der Waals surface area contributed by atoms with E-state index in [4.69, 9.17) is 0 Å². The summed E-state index contributed by atoms with van der Waals surface area (Å²) in [6, 6.07) is 2.07. The summed E-state index contributed by atoms with van der Waals surface area (Å²) >= 11 is 0. The van der Waals surface area contributed by atoms with Gasteiger partial charge in [-0.25, -0.2) is 4.79 Å². The number of phenolic OH excluding ortho intramolecular Hbond substituents is 1. The van der Waals surface area contributed by atoms with Crippen LogP contribution in [-0.4, -0.2) is 29.5 Å². The number of aryl methyl sites for hydroxylation is 1. The van der Waals surface area contributed by atoms with Crippen LogP contribution in [0.2, 0.25) is 0 Å². The first-order chi connectivity index (χ1) is 9.46. The Morgan fingerprint density at radius 2 is 1.81 bits per heavy atom. The number of carbonyl (C=O) groups excluding carboxylic acids is 1. The zero-order valence-corrected chi connectivity index (χ0v) is 12.1. The van der Waals surface area contributed by atoms with Crippen LogP contribution in [0.1, 0.15) is 36.5 Å². The number of alkyl halides is 3. The van der Waals surface area contributed by atoms with E-state index in [9.17, 15) is 28.2 Å². The van der Waals surface area contributed by atoms with Gasteiger partial charge in [0.05, 0.1) is 7.11 Å². The highest BCUT2D eigenvalue weighted by Gasteiger charge is 2.62. The van der Waals surface area contributed by atoms with E-state index in [1.165, 1.54) is 6.92 Å². The van der Waals surface area contributed by atoms with Crippen LogP contribution in [0.3, 0.4) is 0 Å². The fourth-order valence-corrected chi connectivity index (χ4v) is 2.09. The van der Waals surface area contributed by atoms with Gasteiger partial charge in [0, 0.05) is 5.56 Å². The SMILES string of the molecule is COC(=O)[C@](O)(c1cc(C(C)C)c(O)cc1C)C(F)(F)F. The van der Waals surface area contributed by atoms with Crippen molar-refractivity contribution in [3.8, 4) is 5.75 Å². The Balaban J connectivity index is 3.68. The number of halogens is 3. The van der Waals surface area contributed by atoms with E-state index in [2.05, 4.69) is 4.74 Å².